The summed E-state index contributed by atoms with van der Waals surface area (Å²) in [5.41, 5.74) is 0. The second-order valence-corrected chi connectivity index (χ2v) is 5.07. The average Bonchev–Trinajstić information content (AvgIpc) is 2.85. The Bertz CT molecular complexity index is 503. The Kier molecular flexibility index (Phi) is 4.09. The first-order chi connectivity index (χ1) is 9.02. The van der Waals surface area contributed by atoms with Crippen molar-refractivity contribution in [3.8, 4) is 0 Å². The van der Waals surface area contributed by atoms with Gasteiger partial charge in [0.1, 0.15) is 17.6 Å². The third kappa shape index (κ3) is 2.89. The van der Waals surface area contributed by atoms with Crippen molar-refractivity contribution in [1.82, 2.24) is 5.32 Å². The van der Waals surface area contributed by atoms with Gasteiger partial charge in [-0.3, -0.25) is 4.79 Å². The second kappa shape index (κ2) is 5.61. The highest BCUT2D eigenvalue weighted by atomic mass is 16.6. The smallest absolute Gasteiger partial charge is 0.480 e. The van der Waals surface area contributed by atoms with Crippen molar-refractivity contribution in [2.45, 2.75) is 39.2 Å². The minimum Gasteiger partial charge on any atom is -0.480 e. The summed E-state index contributed by atoms with van der Waals surface area (Å²) >= 11 is 0. The molecule has 6 heteroatoms. The van der Waals surface area contributed by atoms with Gasteiger partial charge >= 0.3 is 11.8 Å². The van der Waals surface area contributed by atoms with Crippen molar-refractivity contribution in [2.75, 3.05) is 6.54 Å². The van der Waals surface area contributed by atoms with Gasteiger partial charge in [0.05, 0.1) is 0 Å². The van der Waals surface area contributed by atoms with Crippen LogP contribution in [0.5, 0.6) is 0 Å². The SMILES string of the molecule is CCCC1CNC(C(=O)O)C1Cc1oc(=O)oc1C. The van der Waals surface area contributed by atoms with Gasteiger partial charge in [0, 0.05) is 6.42 Å². The molecule has 0 saturated carbocycles. The Balaban J connectivity index is 2.19. The first kappa shape index (κ1) is 13.9. The number of carbonyl (C=O) groups is 1. The monoisotopic (exact) mass is 269 g/mol. The van der Waals surface area contributed by atoms with E-state index in [1.165, 1.54) is 0 Å². The van der Waals surface area contributed by atoms with E-state index in [-0.39, 0.29) is 11.8 Å². The fraction of sp³-hybridized carbons (Fsp3) is 0.692. The van der Waals surface area contributed by atoms with Crippen molar-refractivity contribution in [2.24, 2.45) is 11.8 Å². The number of aryl methyl sites for hydroxylation is 1. The van der Waals surface area contributed by atoms with Crippen LogP contribution in [-0.4, -0.2) is 23.7 Å². The Morgan fingerprint density at radius 1 is 1.47 bits per heavy atom. The van der Waals surface area contributed by atoms with Crippen LogP contribution in [-0.2, 0) is 11.2 Å². The maximum atomic E-state index is 11.3. The zero-order valence-corrected chi connectivity index (χ0v) is 11.1. The highest BCUT2D eigenvalue weighted by molar-refractivity contribution is 5.74. The van der Waals surface area contributed by atoms with Crippen molar-refractivity contribution in [1.29, 1.82) is 0 Å². The Morgan fingerprint density at radius 2 is 2.21 bits per heavy atom. The van der Waals surface area contributed by atoms with E-state index in [1.54, 1.807) is 6.92 Å². The van der Waals surface area contributed by atoms with Crippen LogP contribution in [0.25, 0.3) is 0 Å². The van der Waals surface area contributed by atoms with Crippen LogP contribution in [0.3, 0.4) is 0 Å². The quantitative estimate of drug-likeness (QED) is 0.833. The van der Waals surface area contributed by atoms with Crippen LogP contribution in [0.15, 0.2) is 13.6 Å². The molecule has 0 spiro atoms. The highest BCUT2D eigenvalue weighted by Crippen LogP contribution is 2.30. The molecule has 1 aliphatic rings. The average molecular weight is 269 g/mol. The number of carboxylic acid groups (broad SMARTS) is 1. The zero-order chi connectivity index (χ0) is 14.0. The molecule has 0 aliphatic carbocycles. The first-order valence-corrected chi connectivity index (χ1v) is 6.58. The van der Waals surface area contributed by atoms with Gasteiger partial charge in [0.25, 0.3) is 0 Å². The van der Waals surface area contributed by atoms with E-state index in [0.29, 0.717) is 24.5 Å². The number of nitrogens with one attached hydrogen (secondary N) is 1. The molecule has 2 N–H and O–H groups in total. The van der Waals surface area contributed by atoms with Gasteiger partial charge < -0.3 is 19.3 Å². The normalized spacial score (nSPS) is 26.7. The molecule has 0 aromatic carbocycles. The van der Waals surface area contributed by atoms with Gasteiger partial charge in [-0.25, -0.2) is 4.79 Å². The van der Waals surface area contributed by atoms with Crippen LogP contribution in [0, 0.1) is 18.8 Å². The highest BCUT2D eigenvalue weighted by Gasteiger charge is 2.40. The van der Waals surface area contributed by atoms with E-state index in [1.807, 2.05) is 0 Å². The summed E-state index contributed by atoms with van der Waals surface area (Å²) in [6, 6.07) is -0.587. The van der Waals surface area contributed by atoms with Gasteiger partial charge in [-0.1, -0.05) is 13.3 Å². The van der Waals surface area contributed by atoms with Gasteiger partial charge in [-0.05, 0) is 31.7 Å². The maximum absolute atomic E-state index is 11.3. The number of carboxylic acids is 1. The van der Waals surface area contributed by atoms with Gasteiger partial charge in [-0.15, -0.1) is 0 Å². The Hall–Kier alpha value is -1.56. The van der Waals surface area contributed by atoms with Gasteiger partial charge in [0.2, 0.25) is 0 Å². The molecule has 0 amide bonds. The standard InChI is InChI=1S/C13H19NO5/c1-3-4-8-6-14-11(12(15)16)9(8)5-10-7(2)18-13(17)19-10/h8-9,11,14H,3-6H2,1-2H3,(H,15,16). The molecule has 3 unspecified atom stereocenters. The summed E-state index contributed by atoms with van der Waals surface area (Å²) in [5, 5.41) is 12.3. The topological polar surface area (TPSA) is 92.7 Å². The van der Waals surface area contributed by atoms with Crippen LogP contribution < -0.4 is 11.1 Å². The molecule has 0 radical (unpaired) electrons. The fourth-order valence-corrected chi connectivity index (χ4v) is 2.87. The molecule has 2 heterocycles. The lowest BCUT2D eigenvalue weighted by Crippen LogP contribution is -2.36. The predicted molar refractivity (Wildman–Crippen MR) is 67.0 cm³/mol. The lowest BCUT2D eigenvalue weighted by molar-refractivity contribution is -0.140. The number of aliphatic carboxylic acids is 1. The lowest BCUT2D eigenvalue weighted by atomic mass is 9.84. The molecule has 1 saturated heterocycles. The van der Waals surface area contributed by atoms with Crippen molar-refractivity contribution >= 4 is 5.97 Å². The summed E-state index contributed by atoms with van der Waals surface area (Å²) in [6.45, 7) is 4.43. The van der Waals surface area contributed by atoms with E-state index in [4.69, 9.17) is 8.83 Å². The second-order valence-electron chi connectivity index (χ2n) is 5.07. The third-order valence-corrected chi connectivity index (χ3v) is 3.82. The lowest BCUT2D eigenvalue weighted by Gasteiger charge is -2.20. The van der Waals surface area contributed by atoms with Crippen LogP contribution >= 0.6 is 0 Å². The molecule has 1 fully saturated rings. The predicted octanol–water partition coefficient (Wildman–Crippen LogP) is 1.17. The van der Waals surface area contributed by atoms with Crippen molar-refractivity contribution in [3.05, 3.63) is 22.1 Å². The minimum absolute atomic E-state index is 0.0723. The van der Waals surface area contributed by atoms with Crippen LogP contribution in [0.1, 0.15) is 31.3 Å². The third-order valence-electron chi connectivity index (χ3n) is 3.82. The summed E-state index contributed by atoms with van der Waals surface area (Å²) in [4.78, 5) is 22.3. The fourth-order valence-electron chi connectivity index (χ4n) is 2.87. The number of rotatable bonds is 5. The summed E-state index contributed by atoms with van der Waals surface area (Å²) < 4.78 is 9.81. The van der Waals surface area contributed by atoms with Gasteiger partial charge in [-0.2, -0.15) is 0 Å². The molecule has 1 aromatic rings. The van der Waals surface area contributed by atoms with Crippen molar-refractivity contribution in [3.63, 3.8) is 0 Å². The molecule has 1 aliphatic heterocycles. The summed E-state index contributed by atoms with van der Waals surface area (Å²) in [5.74, 6) is -0.464. The number of hydrogen-bond acceptors (Lipinski definition) is 5. The summed E-state index contributed by atoms with van der Waals surface area (Å²) in [7, 11) is 0. The molecule has 106 valence electrons. The molecule has 0 bridgehead atoms. The molecular weight excluding hydrogens is 250 g/mol. The van der Waals surface area contributed by atoms with Crippen LogP contribution in [0.2, 0.25) is 0 Å². The molecule has 19 heavy (non-hydrogen) atoms. The van der Waals surface area contributed by atoms with E-state index in [9.17, 15) is 14.7 Å². The number of hydrogen-bond donors (Lipinski definition) is 2. The van der Waals surface area contributed by atoms with E-state index in [0.717, 1.165) is 12.8 Å². The van der Waals surface area contributed by atoms with Crippen molar-refractivity contribution < 1.29 is 18.7 Å². The molecule has 2 rings (SSSR count). The molecule has 1 aromatic heterocycles. The Labute approximate surface area is 110 Å². The maximum Gasteiger partial charge on any atom is 0.519 e. The largest absolute Gasteiger partial charge is 0.519 e. The van der Waals surface area contributed by atoms with E-state index < -0.39 is 17.8 Å². The van der Waals surface area contributed by atoms with E-state index >= 15 is 0 Å². The van der Waals surface area contributed by atoms with Crippen LogP contribution in [0.4, 0.5) is 0 Å². The molecular formula is C13H19NO5. The van der Waals surface area contributed by atoms with Gasteiger partial charge in [0.15, 0.2) is 0 Å². The van der Waals surface area contributed by atoms with E-state index in [2.05, 4.69) is 12.2 Å². The molecule has 3 atom stereocenters. The summed E-state index contributed by atoms with van der Waals surface area (Å²) in [6.07, 6.45) is 2.39. The zero-order valence-electron chi connectivity index (χ0n) is 11.1. The molecule has 6 nitrogen and oxygen atoms in total. The minimum atomic E-state index is -0.855. The Morgan fingerprint density at radius 3 is 2.74 bits per heavy atom. The first-order valence-electron chi connectivity index (χ1n) is 6.58.